The van der Waals surface area contributed by atoms with Crippen molar-refractivity contribution in [1.82, 2.24) is 0 Å². The molecule has 0 fully saturated rings. The first kappa shape index (κ1) is 9.12. The maximum Gasteiger partial charge on any atom is 0.0592 e. The molecule has 1 aromatic carbocycles. The molecule has 0 saturated heterocycles. The molecule has 62 valence electrons. The highest BCUT2D eigenvalue weighted by molar-refractivity contribution is 14.1. The molecular formula is C8H4ClIS2. The van der Waals surface area contributed by atoms with Crippen LogP contribution in [0.25, 0.3) is 10.1 Å². The van der Waals surface area contributed by atoms with Crippen molar-refractivity contribution in [3.63, 3.8) is 0 Å². The molecule has 12 heavy (non-hydrogen) atoms. The highest BCUT2D eigenvalue weighted by atomic mass is 127. The van der Waals surface area contributed by atoms with E-state index in [4.69, 9.17) is 11.6 Å². The third-order valence-corrected chi connectivity index (χ3v) is 4.67. The molecule has 0 aliphatic carbocycles. The predicted octanol–water partition coefficient (Wildman–Crippen LogP) is 4.45. The van der Waals surface area contributed by atoms with Gasteiger partial charge in [-0.15, -0.1) is 24.0 Å². The van der Waals surface area contributed by atoms with Crippen LogP contribution >= 0.6 is 58.2 Å². The molecule has 2 aromatic rings. The highest BCUT2D eigenvalue weighted by Crippen LogP contribution is 2.33. The first-order valence-corrected chi connectivity index (χ1v) is 6.02. The van der Waals surface area contributed by atoms with Crippen LogP contribution in [0.15, 0.2) is 22.4 Å². The normalized spacial score (nSPS) is 10.9. The van der Waals surface area contributed by atoms with E-state index in [1.54, 1.807) is 11.3 Å². The van der Waals surface area contributed by atoms with Gasteiger partial charge in [0, 0.05) is 23.9 Å². The van der Waals surface area contributed by atoms with Crippen molar-refractivity contribution in [1.29, 1.82) is 0 Å². The van der Waals surface area contributed by atoms with E-state index < -0.39 is 0 Å². The second kappa shape index (κ2) is 3.36. The summed E-state index contributed by atoms with van der Waals surface area (Å²) >= 11 is 14.2. The van der Waals surface area contributed by atoms with Gasteiger partial charge in [0.2, 0.25) is 0 Å². The molecule has 0 N–H and O–H groups in total. The number of fused-ring (bicyclic) bond motifs is 1. The van der Waals surface area contributed by atoms with Gasteiger partial charge in [0.15, 0.2) is 0 Å². The van der Waals surface area contributed by atoms with Crippen LogP contribution < -0.4 is 0 Å². The van der Waals surface area contributed by atoms with Crippen LogP contribution in [-0.4, -0.2) is 0 Å². The predicted molar refractivity (Wildman–Crippen MR) is 66.8 cm³/mol. The minimum Gasteiger partial charge on any atom is -0.142 e. The zero-order chi connectivity index (χ0) is 8.72. The summed E-state index contributed by atoms with van der Waals surface area (Å²) in [7, 11) is 0. The number of thiol groups is 1. The summed E-state index contributed by atoms with van der Waals surface area (Å²) in [5, 5.41) is 3.88. The van der Waals surface area contributed by atoms with Crippen LogP contribution in [0.5, 0.6) is 0 Å². The van der Waals surface area contributed by atoms with Crippen LogP contribution in [0.1, 0.15) is 0 Å². The topological polar surface area (TPSA) is 0 Å². The molecule has 1 aromatic heterocycles. The monoisotopic (exact) mass is 326 g/mol. The summed E-state index contributed by atoms with van der Waals surface area (Å²) in [5.41, 5.74) is 0. The lowest BCUT2D eigenvalue weighted by Crippen LogP contribution is -1.73. The van der Waals surface area contributed by atoms with Crippen LogP contribution in [-0.2, 0) is 0 Å². The first-order valence-electron chi connectivity index (χ1n) is 3.23. The van der Waals surface area contributed by atoms with Gasteiger partial charge in [-0.25, -0.2) is 0 Å². The van der Waals surface area contributed by atoms with E-state index in [1.807, 2.05) is 11.4 Å². The second-order valence-electron chi connectivity index (χ2n) is 2.38. The van der Waals surface area contributed by atoms with E-state index in [9.17, 15) is 0 Å². The summed E-state index contributed by atoms with van der Waals surface area (Å²) < 4.78 is 2.39. The number of rotatable bonds is 0. The van der Waals surface area contributed by atoms with E-state index in [1.165, 1.54) is 8.27 Å². The maximum atomic E-state index is 5.97. The molecule has 0 amide bonds. The van der Waals surface area contributed by atoms with Crippen molar-refractivity contribution in [3.05, 3.63) is 26.1 Å². The molecule has 2 rings (SSSR count). The fourth-order valence-corrected chi connectivity index (χ4v) is 3.06. The molecule has 0 spiro atoms. The quantitative estimate of drug-likeness (QED) is 0.537. The molecule has 1 heterocycles. The Kier molecular flexibility index (Phi) is 2.56. The molecule has 0 aliphatic heterocycles. The van der Waals surface area contributed by atoms with E-state index in [2.05, 4.69) is 41.3 Å². The van der Waals surface area contributed by atoms with Gasteiger partial charge in [-0.1, -0.05) is 11.6 Å². The number of benzene rings is 1. The van der Waals surface area contributed by atoms with Crippen molar-refractivity contribution in [2.45, 2.75) is 4.90 Å². The Morgan fingerprint density at radius 3 is 2.92 bits per heavy atom. The molecule has 0 aliphatic rings. The molecule has 4 heteroatoms. The van der Waals surface area contributed by atoms with Crippen molar-refractivity contribution in [3.8, 4) is 0 Å². The Balaban J connectivity index is 2.87. The lowest BCUT2D eigenvalue weighted by molar-refractivity contribution is 1.47. The molecule has 0 bridgehead atoms. The molecule has 0 radical (unpaired) electrons. The van der Waals surface area contributed by atoms with Gasteiger partial charge in [-0.3, -0.25) is 0 Å². The Labute approximate surface area is 98.5 Å². The lowest BCUT2D eigenvalue weighted by atomic mass is 10.3. The average Bonchev–Trinajstić information content (AvgIpc) is 2.35. The Bertz CT molecular complexity index is 436. The Hall–Kier alpha value is 0.550. The van der Waals surface area contributed by atoms with Crippen LogP contribution in [0.3, 0.4) is 0 Å². The van der Waals surface area contributed by atoms with Gasteiger partial charge in [0.1, 0.15) is 0 Å². The molecule has 0 atom stereocenters. The third-order valence-electron chi connectivity index (χ3n) is 1.60. The van der Waals surface area contributed by atoms with E-state index >= 15 is 0 Å². The molecule has 0 saturated carbocycles. The average molecular weight is 327 g/mol. The lowest BCUT2D eigenvalue weighted by Gasteiger charge is -1.96. The van der Waals surface area contributed by atoms with Gasteiger partial charge >= 0.3 is 0 Å². The second-order valence-corrected chi connectivity index (χ2v) is 5.35. The zero-order valence-corrected chi connectivity index (χ0v) is 10.5. The summed E-state index contributed by atoms with van der Waals surface area (Å²) in [4.78, 5) is 0.989. The third kappa shape index (κ3) is 1.47. The van der Waals surface area contributed by atoms with Crippen LogP contribution in [0.2, 0.25) is 5.02 Å². The SMILES string of the molecule is Sc1cc2c(Cl)csc2cc1I. The summed E-state index contributed by atoms with van der Waals surface area (Å²) in [6.45, 7) is 0. The summed E-state index contributed by atoms with van der Waals surface area (Å²) in [6, 6.07) is 4.12. The number of halogens is 2. The van der Waals surface area contributed by atoms with Crippen molar-refractivity contribution in [2.75, 3.05) is 0 Å². The number of hydrogen-bond acceptors (Lipinski definition) is 2. The number of thiophene rings is 1. The van der Waals surface area contributed by atoms with Crippen molar-refractivity contribution in [2.24, 2.45) is 0 Å². The van der Waals surface area contributed by atoms with Crippen LogP contribution in [0.4, 0.5) is 0 Å². The maximum absolute atomic E-state index is 5.97. The number of hydrogen-bond donors (Lipinski definition) is 1. The smallest absolute Gasteiger partial charge is 0.0592 e. The Morgan fingerprint density at radius 1 is 1.42 bits per heavy atom. The minimum atomic E-state index is 0.821. The van der Waals surface area contributed by atoms with Gasteiger partial charge in [0.05, 0.1) is 5.02 Å². The van der Waals surface area contributed by atoms with Crippen molar-refractivity contribution >= 4 is 68.2 Å². The molecule has 0 nitrogen and oxygen atoms in total. The summed E-state index contributed by atoms with van der Waals surface area (Å²) in [5.74, 6) is 0. The van der Waals surface area contributed by atoms with Gasteiger partial charge in [-0.2, -0.15) is 0 Å². The molecular weight excluding hydrogens is 323 g/mol. The molecule has 0 unspecified atom stereocenters. The van der Waals surface area contributed by atoms with E-state index in [0.717, 1.165) is 15.3 Å². The summed E-state index contributed by atoms with van der Waals surface area (Å²) in [6.07, 6.45) is 0. The van der Waals surface area contributed by atoms with E-state index in [0.29, 0.717) is 0 Å². The fourth-order valence-electron chi connectivity index (χ4n) is 1.01. The standard InChI is InChI=1S/C8H4ClIS2/c9-5-3-12-8-2-6(10)7(11)1-4(5)8/h1-3,11H. The minimum absolute atomic E-state index is 0.821. The van der Waals surface area contributed by atoms with Gasteiger partial charge in [0.25, 0.3) is 0 Å². The largest absolute Gasteiger partial charge is 0.142 e. The van der Waals surface area contributed by atoms with Crippen molar-refractivity contribution < 1.29 is 0 Å². The van der Waals surface area contributed by atoms with Gasteiger partial charge < -0.3 is 0 Å². The fraction of sp³-hybridized carbons (Fsp3) is 0. The van der Waals surface area contributed by atoms with E-state index in [-0.39, 0.29) is 0 Å². The zero-order valence-electron chi connectivity index (χ0n) is 5.84. The van der Waals surface area contributed by atoms with Crippen LogP contribution in [0, 0.1) is 3.57 Å². The highest BCUT2D eigenvalue weighted by Gasteiger charge is 2.04. The van der Waals surface area contributed by atoms with Gasteiger partial charge in [-0.05, 0) is 34.7 Å². The first-order chi connectivity index (χ1) is 5.68. The Morgan fingerprint density at radius 2 is 2.17 bits per heavy atom.